The molecule has 139 heavy (non-hydrogen) atoms. The van der Waals surface area contributed by atoms with E-state index in [0.717, 1.165) is 187 Å². The Morgan fingerprint density at radius 3 is 1.21 bits per heavy atom. The second-order valence-corrected chi connectivity index (χ2v) is 39.2. The van der Waals surface area contributed by atoms with E-state index in [1.807, 2.05) is 140 Å². The van der Waals surface area contributed by atoms with E-state index in [-0.39, 0.29) is 29.9 Å². The first kappa shape index (κ1) is 104. The first-order chi connectivity index (χ1) is 66.5. The minimum Gasteiger partial charge on any atom is -0.354 e. The van der Waals surface area contributed by atoms with Gasteiger partial charge >= 0.3 is 0 Å². The highest BCUT2D eigenvalue weighted by atomic mass is 35.5. The molecule has 0 unspecified atom stereocenters. The average Bonchev–Trinajstić information content (AvgIpc) is 1.83. The molecule has 0 radical (unpaired) electrons. The number of benzene rings is 11. The summed E-state index contributed by atoms with van der Waals surface area (Å²) < 4.78 is 53.3. The summed E-state index contributed by atoms with van der Waals surface area (Å²) in [6.45, 7) is 38.8. The Morgan fingerprint density at radius 1 is 0.360 bits per heavy atom. The van der Waals surface area contributed by atoms with Gasteiger partial charge in [0.2, 0.25) is 29.7 Å². The number of fused-ring (bicyclic) bond motifs is 5. The van der Waals surface area contributed by atoms with Crippen molar-refractivity contribution in [2.75, 3.05) is 104 Å². The summed E-state index contributed by atoms with van der Waals surface area (Å²) in [5.74, 6) is 4.05. The number of halogens is 8. The molecule has 27 heteroatoms. The van der Waals surface area contributed by atoms with E-state index in [1.165, 1.54) is 119 Å². The van der Waals surface area contributed by atoms with E-state index in [2.05, 4.69) is 177 Å². The Balaban J connectivity index is 0.000000139. The molecular weight excluding hydrogens is 1850 g/mol. The SMILES string of the molecule is C.CCNCc1cc(C)cc2c1nc(N1CCCCC1)n2Cc1cc(C)c(F)c(C)c1.CNCc1c(C)c(C)cc2c1nc(N1CCCCC1)n2Cc1cc(C)c(F)c(C)c1.Cc1cc(-c2ccccc2C)c2nc(N3CCCCC3)n(Cc3ccc(F)c(Cl)c3)c2c1.Cc1ccc(Cn2c(NCCN)nc3ccc(Cl)cc32)cc1Cl.Cc1ccc(Cn2c(NCCN)nc3ccc(Cl)cc32)cc1Cl. The largest absolute Gasteiger partial charge is 0.354 e. The van der Waals surface area contributed by atoms with Gasteiger partial charge in [-0.2, -0.15) is 0 Å². The molecule has 19 nitrogen and oxygen atoms in total. The normalized spacial score (nSPS) is 13.3. The third kappa shape index (κ3) is 24.5. The predicted molar refractivity (Wildman–Crippen MR) is 579 cm³/mol. The van der Waals surface area contributed by atoms with Gasteiger partial charge in [-0.15, -0.1) is 0 Å². The van der Waals surface area contributed by atoms with Crippen molar-refractivity contribution in [1.82, 2.24) is 58.4 Å². The molecule has 3 saturated heterocycles. The number of piperidine rings is 3. The zero-order valence-electron chi connectivity index (χ0n) is 81.7. The smallest absolute Gasteiger partial charge is 0.206 e. The van der Waals surface area contributed by atoms with Crippen LogP contribution < -0.4 is 47.4 Å². The van der Waals surface area contributed by atoms with Crippen LogP contribution in [0.4, 0.5) is 42.9 Å². The predicted octanol–water partition coefficient (Wildman–Crippen LogP) is 26.3. The Hall–Kier alpha value is -11.2. The molecule has 5 aromatic heterocycles. The van der Waals surface area contributed by atoms with Crippen LogP contribution in [0.3, 0.4) is 0 Å². The Labute approximate surface area is 842 Å². The van der Waals surface area contributed by atoms with E-state index in [0.29, 0.717) is 91.2 Å². The maximum Gasteiger partial charge on any atom is 0.206 e. The van der Waals surface area contributed by atoms with Gasteiger partial charge in [-0.05, 0) is 338 Å². The summed E-state index contributed by atoms with van der Waals surface area (Å²) in [4.78, 5) is 32.1. The van der Waals surface area contributed by atoms with Gasteiger partial charge < -0.3 is 70.3 Å². The van der Waals surface area contributed by atoms with Gasteiger partial charge in [-0.25, -0.2) is 38.1 Å². The van der Waals surface area contributed by atoms with Crippen LogP contribution in [0.1, 0.15) is 172 Å². The van der Waals surface area contributed by atoms with Crippen LogP contribution in [0.2, 0.25) is 25.1 Å². The second kappa shape index (κ2) is 47.4. The first-order valence-electron chi connectivity index (χ1n) is 48.4. The van der Waals surface area contributed by atoms with Gasteiger partial charge in [0, 0.05) is 104 Å². The summed E-state index contributed by atoms with van der Waals surface area (Å²) in [6, 6.07) is 56.1. The van der Waals surface area contributed by atoms with E-state index in [1.54, 1.807) is 6.07 Å². The third-order valence-corrected chi connectivity index (χ3v) is 28.0. The Bertz CT molecular complexity index is 6830. The van der Waals surface area contributed by atoms with Crippen molar-refractivity contribution in [3.8, 4) is 11.1 Å². The molecule has 3 aliphatic rings. The van der Waals surface area contributed by atoms with Crippen LogP contribution in [0.5, 0.6) is 0 Å². The molecule has 0 atom stereocenters. The molecule has 8 heterocycles. The van der Waals surface area contributed by atoms with E-state index < -0.39 is 0 Å². The number of nitrogens with one attached hydrogen (secondary N) is 4. The first-order valence-corrected chi connectivity index (χ1v) is 50.3. The molecule has 0 amide bonds. The van der Waals surface area contributed by atoms with Crippen molar-refractivity contribution in [2.24, 2.45) is 11.5 Å². The maximum absolute atomic E-state index is 14.2. The minimum atomic E-state index is -0.389. The average molecular weight is 1980 g/mol. The summed E-state index contributed by atoms with van der Waals surface area (Å²) in [6.07, 6.45) is 11.0. The lowest BCUT2D eigenvalue weighted by atomic mass is 9.97. The van der Waals surface area contributed by atoms with Crippen molar-refractivity contribution < 1.29 is 13.2 Å². The quantitative estimate of drug-likeness (QED) is 0.0316. The molecule has 0 bridgehead atoms. The summed E-state index contributed by atoms with van der Waals surface area (Å²) >= 11 is 30.9. The number of anilines is 5. The molecular formula is C112H133Cl5F3N19. The van der Waals surface area contributed by atoms with Crippen LogP contribution in [-0.2, 0) is 45.8 Å². The standard InChI is InChI=1S/C27H27ClFN3.2C25H33FN4.2C17H18Cl2N4.CH4/c1-18-14-22(21-9-5-4-8-19(21)2)26-25(15-18)32(17-20-10-11-24(29)23(28)16-20)27(30-26)31-12-6-3-7-13-31;1-16-13-22-24(21(14-27-5)19(16)4)28-25(29-9-7-6-8-10-29)30(22)15-20-11-17(2)23(26)18(3)12-20;1-5-27-15-21-11-17(2)12-22-24(21)28-25(29-9-7-6-8-10-29)30(22)16-20-13-18(3)23(26)19(4)14-20;2*1-11-2-3-12(8-14(11)19)10-23-16-9-13(18)4-5-15(16)22-17(23)21-7-6-20;/h4-5,8-11,14-16H,3,6-7,12-13,17H2,1-2H3;11-13,27H,6-10,14-15H2,1-5H3;11-14,27H,5-10,15-16H2,1-4H3;2*2-5,8-9H,6-7,10,20H2,1H3,(H,21,22);1H4. The molecule has 0 spiro atoms. The molecule has 3 fully saturated rings. The third-order valence-electron chi connectivity index (χ3n) is 26.4. The highest BCUT2D eigenvalue weighted by molar-refractivity contribution is 6.32. The number of nitrogens with zero attached hydrogens (tertiary/aromatic N) is 13. The molecule has 0 saturated carbocycles. The number of hydrogen-bond acceptors (Lipinski definition) is 14. The summed E-state index contributed by atoms with van der Waals surface area (Å²) in [7, 11) is 1.99. The minimum absolute atomic E-state index is 0. The molecule has 3 aliphatic heterocycles. The Morgan fingerprint density at radius 2 is 0.770 bits per heavy atom. The number of nitrogens with two attached hydrogens (primary N) is 2. The second-order valence-electron chi connectivity index (χ2n) is 37.1. The van der Waals surface area contributed by atoms with Gasteiger partial charge in [-0.3, -0.25) is 0 Å². The lowest BCUT2D eigenvalue weighted by Crippen LogP contribution is -2.32. The van der Waals surface area contributed by atoms with E-state index >= 15 is 0 Å². The molecule has 732 valence electrons. The maximum atomic E-state index is 14.2. The Kier molecular flexibility index (Phi) is 35.4. The van der Waals surface area contributed by atoms with Crippen LogP contribution >= 0.6 is 58.0 Å². The van der Waals surface area contributed by atoms with Gasteiger partial charge in [0.25, 0.3) is 0 Å². The van der Waals surface area contributed by atoms with Crippen molar-refractivity contribution in [3.63, 3.8) is 0 Å². The highest BCUT2D eigenvalue weighted by Crippen LogP contribution is 2.40. The van der Waals surface area contributed by atoms with Gasteiger partial charge in [0.1, 0.15) is 17.5 Å². The van der Waals surface area contributed by atoms with E-state index in [9.17, 15) is 13.2 Å². The van der Waals surface area contributed by atoms with Crippen LogP contribution in [0.15, 0.2) is 170 Å². The number of aromatic nitrogens is 10. The lowest BCUT2D eigenvalue weighted by Gasteiger charge is -2.28. The van der Waals surface area contributed by atoms with Gasteiger partial charge in [-0.1, -0.05) is 157 Å². The van der Waals surface area contributed by atoms with Crippen molar-refractivity contribution in [3.05, 3.63) is 313 Å². The number of hydrogen-bond donors (Lipinski definition) is 6. The number of aryl methyl sites for hydroxylation is 10. The van der Waals surface area contributed by atoms with Crippen molar-refractivity contribution in [2.45, 2.75) is 194 Å². The van der Waals surface area contributed by atoms with E-state index in [4.69, 9.17) is 84.4 Å². The monoisotopic (exact) mass is 1980 g/mol. The highest BCUT2D eigenvalue weighted by Gasteiger charge is 2.28. The zero-order chi connectivity index (χ0) is 97.7. The topological polar surface area (TPSA) is 199 Å². The number of rotatable bonds is 25. The van der Waals surface area contributed by atoms with Crippen LogP contribution in [0, 0.1) is 93.6 Å². The van der Waals surface area contributed by atoms with Crippen molar-refractivity contribution >= 4 is 143 Å². The van der Waals surface area contributed by atoms with Crippen LogP contribution in [0.25, 0.3) is 66.3 Å². The summed E-state index contributed by atoms with van der Waals surface area (Å²) in [5.41, 5.74) is 43.1. The number of imidazole rings is 5. The fraction of sp³-hybridized carbons (Fsp3) is 0.366. The fourth-order valence-electron chi connectivity index (χ4n) is 19.1. The molecule has 8 N–H and O–H groups in total. The molecule has 19 rings (SSSR count). The van der Waals surface area contributed by atoms with Gasteiger partial charge in [0.05, 0.1) is 92.9 Å². The van der Waals surface area contributed by atoms with Crippen molar-refractivity contribution in [1.29, 1.82) is 0 Å². The lowest BCUT2D eigenvalue weighted by molar-refractivity contribution is 0.560. The fourth-order valence-corrected chi connectivity index (χ4v) is 20.0. The van der Waals surface area contributed by atoms with Crippen LogP contribution in [-0.4, -0.2) is 127 Å². The zero-order valence-corrected chi connectivity index (χ0v) is 85.5. The molecule has 11 aromatic carbocycles. The summed E-state index contributed by atoms with van der Waals surface area (Å²) in [5, 5.41) is 16.4. The molecule has 16 aromatic rings. The van der Waals surface area contributed by atoms with Gasteiger partial charge in [0.15, 0.2) is 0 Å². The molecule has 0 aliphatic carbocycles.